The first-order chi connectivity index (χ1) is 15.4. The zero-order valence-electron chi connectivity index (χ0n) is 21.9. The fourth-order valence-electron chi connectivity index (χ4n) is 4.05. The number of para-hydroxylation sites is 1. The van der Waals surface area contributed by atoms with Crippen molar-refractivity contribution in [3.05, 3.63) is 29.3 Å². The molecular weight excluding hydrogens is 443 g/mol. The van der Waals surface area contributed by atoms with Crippen LogP contribution in [0.1, 0.15) is 122 Å². The number of unbranched alkanes of at least 4 members (excludes halogenated alkanes) is 12. The van der Waals surface area contributed by atoms with E-state index < -0.39 is 15.4 Å². The van der Waals surface area contributed by atoms with E-state index in [1.807, 2.05) is 0 Å². The molecule has 1 unspecified atom stereocenters. The van der Waals surface area contributed by atoms with Crippen LogP contribution in [0.25, 0.3) is 0 Å². The Morgan fingerprint density at radius 3 is 1.55 bits per heavy atom. The smallest absolute Gasteiger partial charge is 0.748 e. The van der Waals surface area contributed by atoms with Crippen molar-refractivity contribution >= 4 is 10.1 Å². The molecule has 0 saturated heterocycles. The van der Waals surface area contributed by atoms with Gasteiger partial charge in [-0.05, 0) is 43.7 Å². The first kappa shape index (κ1) is 32.9. The van der Waals surface area contributed by atoms with Crippen molar-refractivity contribution in [1.82, 2.24) is 0 Å². The first-order valence-electron chi connectivity index (χ1n) is 13.1. The van der Waals surface area contributed by atoms with E-state index in [0.29, 0.717) is 0 Å². The molecular formula is C27H47NaO4S. The molecule has 0 fully saturated rings. The average molecular weight is 491 g/mol. The maximum atomic E-state index is 11.3. The van der Waals surface area contributed by atoms with E-state index >= 15 is 0 Å². The van der Waals surface area contributed by atoms with Crippen molar-refractivity contribution in [3.8, 4) is 5.75 Å². The normalized spacial score (nSPS) is 12.4. The molecule has 0 saturated carbocycles. The zero-order valence-corrected chi connectivity index (χ0v) is 24.7. The number of hydrogen-bond acceptors (Lipinski definition) is 4. The van der Waals surface area contributed by atoms with Gasteiger partial charge < -0.3 is 9.29 Å². The second-order valence-corrected chi connectivity index (χ2v) is 11.1. The summed E-state index contributed by atoms with van der Waals surface area (Å²) < 4.78 is 40.0. The van der Waals surface area contributed by atoms with E-state index in [-0.39, 0.29) is 36.2 Å². The molecule has 1 atom stereocenters. The third kappa shape index (κ3) is 15.5. The number of benzene rings is 1. The molecule has 33 heavy (non-hydrogen) atoms. The molecule has 0 aromatic heterocycles. The van der Waals surface area contributed by atoms with Crippen molar-refractivity contribution < 1.29 is 47.3 Å². The summed E-state index contributed by atoms with van der Waals surface area (Å²) in [5.41, 5.74) is 2.30. The Morgan fingerprint density at radius 2 is 1.15 bits per heavy atom. The van der Waals surface area contributed by atoms with Crippen LogP contribution in [-0.4, -0.2) is 24.8 Å². The quantitative estimate of drug-likeness (QED) is 0.152. The van der Waals surface area contributed by atoms with Crippen molar-refractivity contribution in [2.45, 2.75) is 129 Å². The zero-order chi connectivity index (χ0) is 23.7. The molecule has 186 valence electrons. The molecule has 1 rings (SSSR count). The van der Waals surface area contributed by atoms with Crippen molar-refractivity contribution in [2.24, 2.45) is 0 Å². The van der Waals surface area contributed by atoms with Gasteiger partial charge in [-0.1, -0.05) is 109 Å². The van der Waals surface area contributed by atoms with Gasteiger partial charge in [-0.25, -0.2) is 8.42 Å². The molecule has 0 radical (unpaired) electrons. The summed E-state index contributed by atoms with van der Waals surface area (Å²) in [6.07, 6.45) is 19.4. The first-order valence-corrected chi connectivity index (χ1v) is 14.6. The molecule has 0 N–H and O–H groups in total. The van der Waals surface area contributed by atoms with Gasteiger partial charge in [-0.2, -0.15) is 0 Å². The van der Waals surface area contributed by atoms with Crippen LogP contribution in [0.15, 0.2) is 18.2 Å². The Labute approximate surface area is 226 Å². The minimum absolute atomic E-state index is 0. The Balaban J connectivity index is 0.0000102. The summed E-state index contributed by atoms with van der Waals surface area (Å²) in [5.74, 6) is 0.819. The van der Waals surface area contributed by atoms with Gasteiger partial charge in [0.05, 0.1) is 5.25 Å². The van der Waals surface area contributed by atoms with E-state index in [2.05, 4.69) is 32.0 Å². The third-order valence-corrected chi connectivity index (χ3v) is 7.35. The van der Waals surface area contributed by atoms with Gasteiger partial charge >= 0.3 is 29.6 Å². The molecule has 6 heteroatoms. The summed E-state index contributed by atoms with van der Waals surface area (Å²) in [4.78, 5) is 0. The minimum Gasteiger partial charge on any atom is -0.748 e. The third-order valence-electron chi connectivity index (χ3n) is 6.23. The fraction of sp³-hybridized carbons (Fsp3) is 0.778. The van der Waals surface area contributed by atoms with Crippen molar-refractivity contribution in [3.63, 3.8) is 0 Å². The molecule has 1 aromatic rings. The van der Waals surface area contributed by atoms with E-state index in [1.54, 1.807) is 0 Å². The van der Waals surface area contributed by atoms with Gasteiger partial charge in [0.2, 0.25) is 0 Å². The predicted octanol–water partition coefficient (Wildman–Crippen LogP) is 4.59. The summed E-state index contributed by atoms with van der Waals surface area (Å²) in [6, 6.07) is 6.28. The van der Waals surface area contributed by atoms with E-state index in [0.717, 1.165) is 42.6 Å². The SMILES string of the molecule is CCCCCCCCCc1cccc(CCCCCCCCC)c1OCC(C)S(=O)(=O)[O-].[Na+]. The molecule has 0 bridgehead atoms. The second kappa shape index (κ2) is 20.2. The number of ether oxygens (including phenoxy) is 1. The number of aryl methyl sites for hydroxylation is 2. The summed E-state index contributed by atoms with van der Waals surface area (Å²) in [7, 11) is -4.34. The number of rotatable bonds is 20. The standard InChI is InChI=1S/C27H48O4S.Na/c1-4-6-8-10-12-14-16-19-25-21-18-22-26(20-17-15-13-11-9-7-5-2)27(25)31-23-24(3)32(28,29)30;/h18,21-22,24H,4-17,19-20,23H2,1-3H3,(H,28,29,30);/q;+1/p-1. The maximum Gasteiger partial charge on any atom is 1.00 e. The Bertz CT molecular complexity index is 670. The predicted molar refractivity (Wildman–Crippen MR) is 134 cm³/mol. The molecule has 0 aliphatic rings. The molecule has 0 aliphatic heterocycles. The van der Waals surface area contributed by atoms with Crippen LogP contribution in [0, 0.1) is 0 Å². The second-order valence-electron chi connectivity index (χ2n) is 9.26. The van der Waals surface area contributed by atoms with Gasteiger partial charge in [-0.3, -0.25) is 0 Å². The van der Waals surface area contributed by atoms with Crippen LogP contribution in [-0.2, 0) is 23.0 Å². The maximum absolute atomic E-state index is 11.3. The van der Waals surface area contributed by atoms with Gasteiger partial charge in [0.25, 0.3) is 0 Å². The largest absolute Gasteiger partial charge is 1.00 e. The van der Waals surface area contributed by atoms with Crippen molar-refractivity contribution in [1.29, 1.82) is 0 Å². The topological polar surface area (TPSA) is 66.4 Å². The van der Waals surface area contributed by atoms with Crippen molar-refractivity contribution in [2.75, 3.05) is 6.61 Å². The van der Waals surface area contributed by atoms with Crippen LogP contribution in [0.2, 0.25) is 0 Å². The van der Waals surface area contributed by atoms with Gasteiger partial charge in [-0.15, -0.1) is 0 Å². The average Bonchev–Trinajstić information content (AvgIpc) is 2.76. The molecule has 1 aromatic carbocycles. The van der Waals surface area contributed by atoms with Crippen LogP contribution in [0.3, 0.4) is 0 Å². The Hall–Kier alpha value is -0.0700. The van der Waals surface area contributed by atoms with Gasteiger partial charge in [0.15, 0.2) is 0 Å². The number of hydrogen-bond donors (Lipinski definition) is 0. The van der Waals surface area contributed by atoms with E-state index in [1.165, 1.54) is 84.0 Å². The van der Waals surface area contributed by atoms with Gasteiger partial charge in [0, 0.05) is 0 Å². The molecule has 0 spiro atoms. The molecule has 0 amide bonds. The monoisotopic (exact) mass is 490 g/mol. The van der Waals surface area contributed by atoms with E-state index in [4.69, 9.17) is 4.74 Å². The van der Waals surface area contributed by atoms with Crippen LogP contribution in [0.5, 0.6) is 5.75 Å². The van der Waals surface area contributed by atoms with Crippen LogP contribution < -0.4 is 34.3 Å². The van der Waals surface area contributed by atoms with E-state index in [9.17, 15) is 13.0 Å². The fourth-order valence-corrected chi connectivity index (χ4v) is 4.28. The summed E-state index contributed by atoms with van der Waals surface area (Å²) in [5, 5.41) is -1.04. The molecule has 0 aliphatic carbocycles. The molecule has 4 nitrogen and oxygen atoms in total. The summed E-state index contributed by atoms with van der Waals surface area (Å²) in [6.45, 7) is 5.82. The summed E-state index contributed by atoms with van der Waals surface area (Å²) >= 11 is 0. The van der Waals surface area contributed by atoms with Crippen LogP contribution >= 0.6 is 0 Å². The minimum atomic E-state index is -4.34. The Morgan fingerprint density at radius 1 is 0.758 bits per heavy atom. The van der Waals surface area contributed by atoms with Gasteiger partial charge in [0.1, 0.15) is 22.5 Å². The Kier molecular flexibility index (Phi) is 20.1. The van der Waals surface area contributed by atoms with Crippen LogP contribution in [0.4, 0.5) is 0 Å². The molecule has 0 heterocycles.